The Bertz CT molecular complexity index is 180. The maximum absolute atomic E-state index is 2.52. The first-order valence-electron chi connectivity index (χ1n) is 5.86. The van der Waals surface area contributed by atoms with Gasteiger partial charge in [-0.25, -0.2) is 0 Å². The highest BCUT2D eigenvalue weighted by Crippen LogP contribution is 2.57. The Morgan fingerprint density at radius 3 is 2.50 bits per heavy atom. The van der Waals surface area contributed by atoms with Crippen LogP contribution < -0.4 is 0 Å². The summed E-state index contributed by atoms with van der Waals surface area (Å²) in [5.41, 5.74) is 0. The average molecular weight is 164 g/mol. The zero-order valence-corrected chi connectivity index (χ0v) is 8.13. The first-order chi connectivity index (χ1) is 5.86. The third-order valence-corrected chi connectivity index (χ3v) is 4.71. The molecule has 0 spiro atoms. The molecule has 0 radical (unpaired) electrons. The van der Waals surface area contributed by atoms with Gasteiger partial charge in [-0.15, -0.1) is 0 Å². The maximum Gasteiger partial charge on any atom is -0.0329 e. The second kappa shape index (κ2) is 2.49. The summed E-state index contributed by atoms with van der Waals surface area (Å²) in [5.74, 6) is 5.75. The Morgan fingerprint density at radius 1 is 0.917 bits per heavy atom. The lowest BCUT2D eigenvalue weighted by Gasteiger charge is -2.20. The van der Waals surface area contributed by atoms with E-state index < -0.39 is 0 Å². The highest BCUT2D eigenvalue weighted by atomic mass is 14.5. The lowest BCUT2D eigenvalue weighted by Crippen LogP contribution is -2.15. The van der Waals surface area contributed by atoms with Crippen LogP contribution in [-0.2, 0) is 0 Å². The molecule has 68 valence electrons. The molecular weight excluding hydrogens is 144 g/mol. The zero-order chi connectivity index (χ0) is 8.13. The molecule has 3 fully saturated rings. The molecule has 12 heavy (non-hydrogen) atoms. The van der Waals surface area contributed by atoms with E-state index in [1.165, 1.54) is 11.8 Å². The van der Waals surface area contributed by atoms with Crippen molar-refractivity contribution in [1.82, 2.24) is 0 Å². The minimum Gasteiger partial charge on any atom is -0.0622 e. The smallest absolute Gasteiger partial charge is 0.0329 e. The molecule has 0 aromatic carbocycles. The maximum atomic E-state index is 2.52. The van der Waals surface area contributed by atoms with E-state index in [1.54, 1.807) is 38.5 Å². The minimum atomic E-state index is 1.08. The van der Waals surface area contributed by atoms with Crippen LogP contribution in [0.15, 0.2) is 0 Å². The van der Waals surface area contributed by atoms with Gasteiger partial charge in [-0.05, 0) is 55.3 Å². The Balaban J connectivity index is 1.80. The van der Waals surface area contributed by atoms with E-state index in [0.29, 0.717) is 0 Å². The summed E-state index contributed by atoms with van der Waals surface area (Å²) in [4.78, 5) is 0. The van der Waals surface area contributed by atoms with Crippen LogP contribution in [-0.4, -0.2) is 0 Å². The van der Waals surface area contributed by atoms with Gasteiger partial charge in [0.05, 0.1) is 0 Å². The van der Waals surface area contributed by atoms with Crippen molar-refractivity contribution in [3.8, 4) is 0 Å². The van der Waals surface area contributed by atoms with Gasteiger partial charge in [0.2, 0.25) is 0 Å². The van der Waals surface area contributed by atoms with Crippen LogP contribution in [0.4, 0.5) is 0 Å². The fourth-order valence-electron chi connectivity index (χ4n) is 4.22. The van der Waals surface area contributed by atoms with Crippen molar-refractivity contribution in [2.75, 3.05) is 0 Å². The monoisotopic (exact) mass is 164 g/mol. The van der Waals surface area contributed by atoms with Crippen LogP contribution in [0.3, 0.4) is 0 Å². The summed E-state index contributed by atoms with van der Waals surface area (Å²) in [6, 6.07) is 0. The molecule has 0 heteroatoms. The predicted octanol–water partition coefficient (Wildman–Crippen LogP) is 3.47. The molecular formula is C12H20. The molecule has 0 aromatic rings. The van der Waals surface area contributed by atoms with Gasteiger partial charge in [0.1, 0.15) is 0 Å². The predicted molar refractivity (Wildman–Crippen MR) is 50.8 cm³/mol. The summed E-state index contributed by atoms with van der Waals surface area (Å²) >= 11 is 0. The topological polar surface area (TPSA) is 0 Å². The molecule has 3 rings (SSSR count). The second-order valence-electron chi connectivity index (χ2n) is 5.48. The van der Waals surface area contributed by atoms with E-state index in [9.17, 15) is 0 Å². The third kappa shape index (κ3) is 0.963. The largest absolute Gasteiger partial charge is 0.0622 e. The van der Waals surface area contributed by atoms with Crippen molar-refractivity contribution in [3.63, 3.8) is 0 Å². The molecule has 0 heterocycles. The van der Waals surface area contributed by atoms with Crippen molar-refractivity contribution in [3.05, 3.63) is 0 Å². The zero-order valence-electron chi connectivity index (χ0n) is 8.13. The highest BCUT2D eigenvalue weighted by Gasteiger charge is 2.49. The van der Waals surface area contributed by atoms with Crippen LogP contribution in [0.1, 0.15) is 45.4 Å². The molecule has 0 N–H and O–H groups in total. The molecule has 0 amide bonds. The van der Waals surface area contributed by atoms with Crippen molar-refractivity contribution >= 4 is 0 Å². The van der Waals surface area contributed by atoms with E-state index >= 15 is 0 Å². The quantitative estimate of drug-likeness (QED) is 0.556. The SMILES string of the molecule is CC1CC2CCCC2C1C1CC1. The normalized spacial score (nSPS) is 52.8. The molecule has 0 aliphatic heterocycles. The number of hydrogen-bond donors (Lipinski definition) is 0. The standard InChI is InChI=1S/C12H20/c1-8-7-10-3-2-4-11(10)12(8)9-5-6-9/h8-12H,2-7H2,1H3. The Morgan fingerprint density at radius 2 is 1.75 bits per heavy atom. The van der Waals surface area contributed by atoms with Gasteiger partial charge in [-0.1, -0.05) is 19.8 Å². The third-order valence-electron chi connectivity index (χ3n) is 4.71. The van der Waals surface area contributed by atoms with Crippen LogP contribution >= 0.6 is 0 Å². The van der Waals surface area contributed by atoms with Crippen molar-refractivity contribution in [2.24, 2.45) is 29.6 Å². The summed E-state index contributed by atoms with van der Waals surface area (Å²) < 4.78 is 0. The van der Waals surface area contributed by atoms with E-state index in [0.717, 1.165) is 17.8 Å². The molecule has 0 saturated heterocycles. The van der Waals surface area contributed by atoms with E-state index in [1.807, 2.05) is 0 Å². The molecule has 0 nitrogen and oxygen atoms in total. The average Bonchev–Trinajstić information content (AvgIpc) is 2.66. The highest BCUT2D eigenvalue weighted by molar-refractivity contribution is 4.98. The van der Waals surface area contributed by atoms with Gasteiger partial charge in [0.15, 0.2) is 0 Å². The Hall–Kier alpha value is 0. The number of rotatable bonds is 1. The lowest BCUT2D eigenvalue weighted by atomic mass is 9.84. The van der Waals surface area contributed by atoms with Crippen molar-refractivity contribution < 1.29 is 0 Å². The molecule has 3 saturated carbocycles. The fraction of sp³-hybridized carbons (Fsp3) is 1.00. The lowest BCUT2D eigenvalue weighted by molar-refractivity contribution is 0.276. The molecule has 3 aliphatic rings. The molecule has 0 aromatic heterocycles. The van der Waals surface area contributed by atoms with Gasteiger partial charge in [-0.3, -0.25) is 0 Å². The van der Waals surface area contributed by atoms with Gasteiger partial charge in [0, 0.05) is 0 Å². The second-order valence-corrected chi connectivity index (χ2v) is 5.48. The van der Waals surface area contributed by atoms with E-state index in [-0.39, 0.29) is 0 Å². The van der Waals surface area contributed by atoms with Crippen molar-refractivity contribution in [2.45, 2.75) is 45.4 Å². The van der Waals surface area contributed by atoms with Gasteiger partial charge in [-0.2, -0.15) is 0 Å². The number of fused-ring (bicyclic) bond motifs is 1. The molecule has 0 bridgehead atoms. The van der Waals surface area contributed by atoms with Crippen molar-refractivity contribution in [1.29, 1.82) is 0 Å². The molecule has 4 atom stereocenters. The summed E-state index contributed by atoms with van der Waals surface area (Å²) in [7, 11) is 0. The van der Waals surface area contributed by atoms with E-state index in [4.69, 9.17) is 0 Å². The van der Waals surface area contributed by atoms with E-state index in [2.05, 4.69) is 6.92 Å². The number of hydrogen-bond acceptors (Lipinski definition) is 0. The summed E-state index contributed by atoms with van der Waals surface area (Å²) in [6.07, 6.45) is 9.40. The van der Waals surface area contributed by atoms with Crippen LogP contribution in [0, 0.1) is 29.6 Å². The Labute approximate surface area is 75.7 Å². The van der Waals surface area contributed by atoms with Gasteiger partial charge >= 0.3 is 0 Å². The molecule has 4 unspecified atom stereocenters. The molecule has 3 aliphatic carbocycles. The Kier molecular flexibility index (Phi) is 1.54. The first kappa shape index (κ1) is 7.41. The van der Waals surface area contributed by atoms with Crippen LogP contribution in [0.5, 0.6) is 0 Å². The minimum absolute atomic E-state index is 1.08. The van der Waals surface area contributed by atoms with Gasteiger partial charge in [0.25, 0.3) is 0 Å². The summed E-state index contributed by atoms with van der Waals surface area (Å²) in [6.45, 7) is 2.52. The van der Waals surface area contributed by atoms with Gasteiger partial charge < -0.3 is 0 Å². The van der Waals surface area contributed by atoms with Crippen LogP contribution in [0.25, 0.3) is 0 Å². The fourth-order valence-corrected chi connectivity index (χ4v) is 4.22. The van der Waals surface area contributed by atoms with Crippen LogP contribution in [0.2, 0.25) is 0 Å². The summed E-state index contributed by atoms with van der Waals surface area (Å²) in [5, 5.41) is 0. The first-order valence-corrected chi connectivity index (χ1v) is 5.86.